The minimum absolute atomic E-state index is 0.0134. The van der Waals surface area contributed by atoms with Crippen molar-refractivity contribution >= 4 is 11.9 Å². The summed E-state index contributed by atoms with van der Waals surface area (Å²) in [5.41, 5.74) is -0.110. The fourth-order valence-electron chi connectivity index (χ4n) is 3.61. The number of aromatic nitrogens is 2. The zero-order valence-corrected chi connectivity index (χ0v) is 18.6. The van der Waals surface area contributed by atoms with Crippen molar-refractivity contribution in [3.63, 3.8) is 0 Å². The fourth-order valence-corrected chi connectivity index (χ4v) is 3.61. The maximum atomic E-state index is 12.7. The van der Waals surface area contributed by atoms with E-state index in [1.807, 2.05) is 13.8 Å². The predicted molar refractivity (Wildman–Crippen MR) is 118 cm³/mol. The Kier molecular flexibility index (Phi) is 7.63. The van der Waals surface area contributed by atoms with Crippen molar-refractivity contribution in [2.45, 2.75) is 52.4 Å². The zero-order chi connectivity index (χ0) is 23.3. The molecule has 0 unspecified atom stereocenters. The number of hydrogen-bond acceptors (Lipinski definition) is 6. The monoisotopic (exact) mass is 443 g/mol. The summed E-state index contributed by atoms with van der Waals surface area (Å²) < 4.78 is 12.8. The number of nitrogens with zero attached hydrogens (tertiary/aromatic N) is 1. The number of amides is 1. The second-order valence-corrected chi connectivity index (χ2v) is 8.07. The van der Waals surface area contributed by atoms with Crippen molar-refractivity contribution in [3.05, 3.63) is 68.0 Å². The van der Waals surface area contributed by atoms with Gasteiger partial charge in [0.05, 0.1) is 17.2 Å². The van der Waals surface area contributed by atoms with E-state index < -0.39 is 29.6 Å². The van der Waals surface area contributed by atoms with E-state index in [9.17, 15) is 19.2 Å². The van der Waals surface area contributed by atoms with Crippen LogP contribution in [0.3, 0.4) is 0 Å². The molecule has 3 atom stereocenters. The summed E-state index contributed by atoms with van der Waals surface area (Å²) in [7, 11) is 0. The standard InChI is InChI=1S/C23H29N3O6/c1-4-5-10-24-21(28)16-8-6-7-9-17(16)22(29)31-13-18-14(2)11-19(32-18)26-12-15(3)20(27)25-23(26)30/h6-9,12,14,18-19H,4-5,10-11,13H2,1-3H3,(H,24,28)(H,25,27,30)/t14-,18-,19-/m1/s1. The molecule has 1 aliphatic heterocycles. The molecule has 1 aliphatic rings. The molecule has 0 spiro atoms. The van der Waals surface area contributed by atoms with Crippen LogP contribution in [0.1, 0.15) is 65.6 Å². The lowest BCUT2D eigenvalue weighted by Crippen LogP contribution is -2.33. The van der Waals surface area contributed by atoms with Crippen LogP contribution in [-0.4, -0.2) is 40.7 Å². The first kappa shape index (κ1) is 23.5. The van der Waals surface area contributed by atoms with Gasteiger partial charge in [-0.3, -0.25) is 19.1 Å². The number of rotatable bonds is 8. The maximum Gasteiger partial charge on any atom is 0.339 e. The molecule has 2 aromatic rings. The first-order chi connectivity index (χ1) is 15.3. The second kappa shape index (κ2) is 10.4. The van der Waals surface area contributed by atoms with E-state index in [1.54, 1.807) is 31.2 Å². The average Bonchev–Trinajstić information content (AvgIpc) is 3.14. The summed E-state index contributed by atoms with van der Waals surface area (Å²) >= 11 is 0. The molecule has 0 saturated carbocycles. The van der Waals surface area contributed by atoms with E-state index in [-0.39, 0.29) is 29.6 Å². The van der Waals surface area contributed by atoms with E-state index in [2.05, 4.69) is 10.3 Å². The van der Waals surface area contributed by atoms with Gasteiger partial charge in [0, 0.05) is 18.3 Å². The number of H-pyrrole nitrogens is 1. The van der Waals surface area contributed by atoms with E-state index in [1.165, 1.54) is 10.8 Å². The van der Waals surface area contributed by atoms with Crippen LogP contribution < -0.4 is 16.6 Å². The Morgan fingerprint density at radius 2 is 1.97 bits per heavy atom. The first-order valence-electron chi connectivity index (χ1n) is 10.8. The average molecular weight is 444 g/mol. The lowest BCUT2D eigenvalue weighted by molar-refractivity contribution is -0.0402. The van der Waals surface area contributed by atoms with Crippen LogP contribution in [0.4, 0.5) is 0 Å². The minimum atomic E-state index is -0.609. The SMILES string of the molecule is CCCCNC(=O)c1ccccc1C(=O)OC[C@H]1O[C@@H](n2cc(C)c(=O)[nH]c2=O)C[C@H]1C. The Morgan fingerprint density at radius 1 is 1.25 bits per heavy atom. The highest BCUT2D eigenvalue weighted by atomic mass is 16.6. The lowest BCUT2D eigenvalue weighted by atomic mass is 10.0. The van der Waals surface area contributed by atoms with Gasteiger partial charge in [-0.15, -0.1) is 0 Å². The largest absolute Gasteiger partial charge is 0.459 e. The van der Waals surface area contributed by atoms with Gasteiger partial charge in [-0.1, -0.05) is 32.4 Å². The molecule has 2 N–H and O–H groups in total. The van der Waals surface area contributed by atoms with Gasteiger partial charge in [0.2, 0.25) is 0 Å². The topological polar surface area (TPSA) is 119 Å². The quantitative estimate of drug-likeness (QED) is 0.477. The number of hydrogen-bond donors (Lipinski definition) is 2. The van der Waals surface area contributed by atoms with Gasteiger partial charge in [-0.25, -0.2) is 9.59 Å². The number of aromatic amines is 1. The van der Waals surface area contributed by atoms with Crippen LogP contribution in [0.15, 0.2) is 40.1 Å². The second-order valence-electron chi connectivity index (χ2n) is 8.07. The van der Waals surface area contributed by atoms with E-state index in [0.29, 0.717) is 18.5 Å². The maximum absolute atomic E-state index is 12.7. The van der Waals surface area contributed by atoms with E-state index >= 15 is 0 Å². The third-order valence-electron chi connectivity index (χ3n) is 5.58. The summed E-state index contributed by atoms with van der Waals surface area (Å²) in [6.07, 6.45) is 2.83. The molecule has 9 nitrogen and oxygen atoms in total. The third-order valence-corrected chi connectivity index (χ3v) is 5.58. The first-order valence-corrected chi connectivity index (χ1v) is 10.8. The Morgan fingerprint density at radius 3 is 2.69 bits per heavy atom. The number of carbonyl (C=O) groups is 2. The molecule has 1 aromatic heterocycles. The molecule has 1 amide bonds. The number of ether oxygens (including phenoxy) is 2. The van der Waals surface area contributed by atoms with E-state index in [0.717, 1.165) is 12.8 Å². The van der Waals surface area contributed by atoms with Crippen molar-refractivity contribution in [2.24, 2.45) is 5.92 Å². The molecular formula is C23H29N3O6. The van der Waals surface area contributed by atoms with Crippen LogP contribution in [0.25, 0.3) is 0 Å². The molecule has 1 fully saturated rings. The van der Waals surface area contributed by atoms with Crippen LogP contribution >= 0.6 is 0 Å². The Labute approximate surface area is 185 Å². The number of nitrogens with one attached hydrogen (secondary N) is 2. The van der Waals surface area contributed by atoms with Gasteiger partial charge in [-0.05, 0) is 37.8 Å². The molecule has 1 aromatic carbocycles. The van der Waals surface area contributed by atoms with Gasteiger partial charge < -0.3 is 14.8 Å². The number of unbranched alkanes of at least 4 members (excludes halogenated alkanes) is 1. The Balaban J connectivity index is 1.65. The summed E-state index contributed by atoms with van der Waals surface area (Å²) in [6.45, 7) is 6.11. The van der Waals surface area contributed by atoms with Crippen molar-refractivity contribution < 1.29 is 19.1 Å². The smallest absolute Gasteiger partial charge is 0.339 e. The third kappa shape index (κ3) is 5.34. The zero-order valence-electron chi connectivity index (χ0n) is 18.6. The molecule has 9 heteroatoms. The van der Waals surface area contributed by atoms with Crippen molar-refractivity contribution in [2.75, 3.05) is 13.2 Å². The molecule has 0 aliphatic carbocycles. The van der Waals surface area contributed by atoms with Gasteiger partial charge in [-0.2, -0.15) is 0 Å². The van der Waals surface area contributed by atoms with Crippen LogP contribution in [0.5, 0.6) is 0 Å². The highest BCUT2D eigenvalue weighted by Crippen LogP contribution is 2.32. The van der Waals surface area contributed by atoms with Crippen LogP contribution in [0.2, 0.25) is 0 Å². The van der Waals surface area contributed by atoms with Crippen molar-refractivity contribution in [3.8, 4) is 0 Å². The molecular weight excluding hydrogens is 414 g/mol. The number of benzene rings is 1. The molecule has 3 rings (SSSR count). The fraction of sp³-hybridized carbons (Fsp3) is 0.478. The van der Waals surface area contributed by atoms with Gasteiger partial charge in [0.1, 0.15) is 12.8 Å². The van der Waals surface area contributed by atoms with Gasteiger partial charge in [0.15, 0.2) is 0 Å². The highest BCUT2D eigenvalue weighted by molar-refractivity contribution is 6.05. The predicted octanol–water partition coefficient (Wildman–Crippen LogP) is 2.16. The molecule has 0 radical (unpaired) electrons. The summed E-state index contributed by atoms with van der Waals surface area (Å²) in [5.74, 6) is -0.911. The van der Waals surface area contributed by atoms with Crippen LogP contribution in [0, 0.1) is 12.8 Å². The molecule has 1 saturated heterocycles. The normalized spacial score (nSPS) is 20.2. The summed E-state index contributed by atoms with van der Waals surface area (Å²) in [6, 6.07) is 6.52. The number of aryl methyl sites for hydroxylation is 1. The Bertz CT molecular complexity index is 1090. The molecule has 0 bridgehead atoms. The Hall–Kier alpha value is -3.20. The molecule has 172 valence electrons. The summed E-state index contributed by atoms with van der Waals surface area (Å²) in [4.78, 5) is 51.2. The number of carbonyl (C=O) groups excluding carboxylic acids is 2. The van der Waals surface area contributed by atoms with E-state index in [4.69, 9.17) is 9.47 Å². The molecule has 2 heterocycles. The van der Waals surface area contributed by atoms with Gasteiger partial charge >= 0.3 is 11.7 Å². The van der Waals surface area contributed by atoms with Gasteiger partial charge in [0.25, 0.3) is 11.5 Å². The molecule has 32 heavy (non-hydrogen) atoms. The van der Waals surface area contributed by atoms with Crippen molar-refractivity contribution in [1.82, 2.24) is 14.9 Å². The minimum Gasteiger partial charge on any atom is -0.459 e. The summed E-state index contributed by atoms with van der Waals surface area (Å²) in [5, 5.41) is 2.81. The highest BCUT2D eigenvalue weighted by Gasteiger charge is 2.35. The van der Waals surface area contributed by atoms with Crippen LogP contribution in [-0.2, 0) is 9.47 Å². The lowest BCUT2D eigenvalue weighted by Gasteiger charge is -2.17. The van der Waals surface area contributed by atoms with Crippen molar-refractivity contribution in [1.29, 1.82) is 0 Å². The number of esters is 1.